The molecule has 86 valence electrons. The van der Waals surface area contributed by atoms with Crippen LogP contribution < -0.4 is 0 Å². The molecule has 0 aromatic heterocycles. The summed E-state index contributed by atoms with van der Waals surface area (Å²) >= 11 is 0. The highest BCUT2D eigenvalue weighted by Crippen LogP contribution is 2.31. The number of ether oxygens (including phenoxy) is 1. The number of hydrogen-bond donors (Lipinski definition) is 0. The van der Waals surface area contributed by atoms with Crippen molar-refractivity contribution in [1.29, 1.82) is 0 Å². The summed E-state index contributed by atoms with van der Waals surface area (Å²) in [7, 11) is 0. The maximum Gasteiger partial charge on any atom is 0.306 e. The van der Waals surface area contributed by atoms with E-state index in [0.29, 0.717) is 18.9 Å². The average molecular weight is 211 g/mol. The van der Waals surface area contributed by atoms with Gasteiger partial charge in [0.05, 0.1) is 6.61 Å². The number of piperidine rings is 1. The largest absolute Gasteiger partial charge is 0.466 e. The van der Waals surface area contributed by atoms with Gasteiger partial charge in [-0.25, -0.2) is 0 Å². The first-order valence-electron chi connectivity index (χ1n) is 6.19. The van der Waals surface area contributed by atoms with Crippen LogP contribution in [-0.4, -0.2) is 36.6 Å². The lowest BCUT2D eigenvalue weighted by Gasteiger charge is -2.34. The van der Waals surface area contributed by atoms with E-state index < -0.39 is 0 Å². The molecule has 0 aliphatic carbocycles. The molecule has 0 spiro atoms. The third-order valence-electron chi connectivity index (χ3n) is 3.69. The molecule has 0 aromatic carbocycles. The van der Waals surface area contributed by atoms with Crippen LogP contribution in [0, 0.1) is 5.92 Å². The average Bonchev–Trinajstić information content (AvgIpc) is 2.65. The van der Waals surface area contributed by atoms with Crippen molar-refractivity contribution in [3.8, 4) is 0 Å². The van der Waals surface area contributed by atoms with Crippen LogP contribution in [0.2, 0.25) is 0 Å². The molecular weight excluding hydrogens is 190 g/mol. The molecule has 2 heterocycles. The summed E-state index contributed by atoms with van der Waals surface area (Å²) in [5.41, 5.74) is 0. The molecule has 0 saturated carbocycles. The smallest absolute Gasteiger partial charge is 0.306 e. The van der Waals surface area contributed by atoms with Crippen LogP contribution in [0.25, 0.3) is 0 Å². The second-order valence-electron chi connectivity index (χ2n) is 4.73. The number of fused-ring (bicyclic) bond motifs is 1. The standard InChI is InChI=1S/C12H21NO2/c1-2-15-12(14)9-10-5-7-13-6-3-4-11(13)8-10/h10-11H,2-9H2,1H3. The second kappa shape index (κ2) is 4.97. The van der Waals surface area contributed by atoms with Gasteiger partial charge in [0.1, 0.15) is 0 Å². The van der Waals surface area contributed by atoms with E-state index >= 15 is 0 Å². The zero-order valence-corrected chi connectivity index (χ0v) is 9.58. The maximum atomic E-state index is 11.4. The summed E-state index contributed by atoms with van der Waals surface area (Å²) in [5.74, 6) is 0.567. The summed E-state index contributed by atoms with van der Waals surface area (Å²) in [4.78, 5) is 14.0. The van der Waals surface area contributed by atoms with E-state index in [1.165, 1.54) is 38.8 Å². The van der Waals surface area contributed by atoms with Crippen molar-refractivity contribution in [2.45, 2.75) is 45.1 Å². The Morgan fingerprint density at radius 1 is 1.40 bits per heavy atom. The van der Waals surface area contributed by atoms with Crippen molar-refractivity contribution < 1.29 is 9.53 Å². The van der Waals surface area contributed by atoms with Crippen LogP contribution >= 0.6 is 0 Å². The first-order valence-corrected chi connectivity index (χ1v) is 6.19. The van der Waals surface area contributed by atoms with Crippen LogP contribution in [0.5, 0.6) is 0 Å². The molecular formula is C12H21NO2. The van der Waals surface area contributed by atoms with Gasteiger partial charge >= 0.3 is 5.97 Å². The van der Waals surface area contributed by atoms with Crippen molar-refractivity contribution in [3.05, 3.63) is 0 Å². The molecule has 3 nitrogen and oxygen atoms in total. The molecule has 0 bridgehead atoms. The van der Waals surface area contributed by atoms with E-state index in [9.17, 15) is 4.79 Å². The van der Waals surface area contributed by atoms with Crippen molar-refractivity contribution in [2.24, 2.45) is 5.92 Å². The molecule has 2 aliphatic rings. The first kappa shape index (κ1) is 10.9. The number of rotatable bonds is 3. The number of carbonyl (C=O) groups excluding carboxylic acids is 1. The van der Waals surface area contributed by atoms with Crippen LogP contribution in [0.1, 0.15) is 39.0 Å². The fourth-order valence-corrected chi connectivity index (χ4v) is 2.95. The summed E-state index contributed by atoms with van der Waals surface area (Å²) < 4.78 is 5.00. The summed E-state index contributed by atoms with van der Waals surface area (Å²) in [6, 6.07) is 0.762. The van der Waals surface area contributed by atoms with Gasteiger partial charge in [-0.3, -0.25) is 4.79 Å². The molecule has 0 radical (unpaired) electrons. The second-order valence-corrected chi connectivity index (χ2v) is 4.73. The lowest BCUT2D eigenvalue weighted by Crippen LogP contribution is -2.38. The quantitative estimate of drug-likeness (QED) is 0.667. The molecule has 3 heteroatoms. The van der Waals surface area contributed by atoms with Gasteiger partial charge in [0.2, 0.25) is 0 Å². The molecule has 2 atom stereocenters. The van der Waals surface area contributed by atoms with Gasteiger partial charge in [-0.1, -0.05) is 0 Å². The SMILES string of the molecule is CCOC(=O)CC1CCN2CCCC2C1. The lowest BCUT2D eigenvalue weighted by molar-refractivity contribution is -0.144. The topological polar surface area (TPSA) is 29.5 Å². The molecule has 2 fully saturated rings. The minimum atomic E-state index is -0.00560. The summed E-state index contributed by atoms with van der Waals surface area (Å²) in [6.45, 7) is 4.85. The van der Waals surface area contributed by atoms with Gasteiger partial charge in [-0.15, -0.1) is 0 Å². The Morgan fingerprint density at radius 2 is 2.27 bits per heavy atom. The minimum absolute atomic E-state index is 0.00560. The van der Waals surface area contributed by atoms with Gasteiger partial charge in [0, 0.05) is 12.5 Å². The predicted octanol–water partition coefficient (Wildman–Crippen LogP) is 1.81. The molecule has 0 aromatic rings. The fourth-order valence-electron chi connectivity index (χ4n) is 2.95. The van der Waals surface area contributed by atoms with Crippen LogP contribution in [0.15, 0.2) is 0 Å². The molecule has 2 unspecified atom stereocenters. The van der Waals surface area contributed by atoms with Crippen molar-refractivity contribution in [3.63, 3.8) is 0 Å². The van der Waals surface area contributed by atoms with E-state index in [1.54, 1.807) is 0 Å². The third-order valence-corrected chi connectivity index (χ3v) is 3.69. The molecule has 15 heavy (non-hydrogen) atoms. The fraction of sp³-hybridized carbons (Fsp3) is 0.917. The maximum absolute atomic E-state index is 11.4. The summed E-state index contributed by atoms with van der Waals surface area (Å²) in [6.07, 6.45) is 5.70. The van der Waals surface area contributed by atoms with Crippen LogP contribution in [0.3, 0.4) is 0 Å². The molecule has 2 aliphatic heterocycles. The first-order chi connectivity index (χ1) is 7.29. The van der Waals surface area contributed by atoms with E-state index in [2.05, 4.69) is 4.90 Å². The lowest BCUT2D eigenvalue weighted by atomic mass is 9.89. The molecule has 0 amide bonds. The van der Waals surface area contributed by atoms with Crippen LogP contribution in [-0.2, 0) is 9.53 Å². The number of hydrogen-bond acceptors (Lipinski definition) is 3. The van der Waals surface area contributed by atoms with Gasteiger partial charge in [-0.2, -0.15) is 0 Å². The number of nitrogens with zero attached hydrogens (tertiary/aromatic N) is 1. The number of carbonyl (C=O) groups is 1. The Labute approximate surface area is 91.8 Å². The normalized spacial score (nSPS) is 31.3. The van der Waals surface area contributed by atoms with Crippen molar-refractivity contribution >= 4 is 5.97 Å². The van der Waals surface area contributed by atoms with Crippen LogP contribution in [0.4, 0.5) is 0 Å². The molecule has 2 saturated heterocycles. The van der Waals surface area contributed by atoms with E-state index in [4.69, 9.17) is 4.74 Å². The minimum Gasteiger partial charge on any atom is -0.466 e. The summed E-state index contributed by atoms with van der Waals surface area (Å²) in [5, 5.41) is 0. The zero-order chi connectivity index (χ0) is 10.7. The van der Waals surface area contributed by atoms with Crippen molar-refractivity contribution in [1.82, 2.24) is 4.90 Å². The third kappa shape index (κ3) is 2.71. The molecule has 0 N–H and O–H groups in total. The zero-order valence-electron chi connectivity index (χ0n) is 9.58. The van der Waals surface area contributed by atoms with E-state index in [-0.39, 0.29) is 5.97 Å². The Hall–Kier alpha value is -0.570. The highest BCUT2D eigenvalue weighted by molar-refractivity contribution is 5.69. The molecule has 2 rings (SSSR count). The highest BCUT2D eigenvalue weighted by Gasteiger charge is 2.32. The van der Waals surface area contributed by atoms with E-state index in [0.717, 1.165) is 6.04 Å². The monoisotopic (exact) mass is 211 g/mol. The predicted molar refractivity (Wildman–Crippen MR) is 58.6 cm³/mol. The highest BCUT2D eigenvalue weighted by atomic mass is 16.5. The Balaban J connectivity index is 1.77. The van der Waals surface area contributed by atoms with Gasteiger partial charge in [0.15, 0.2) is 0 Å². The Bertz CT molecular complexity index is 230. The van der Waals surface area contributed by atoms with Gasteiger partial charge < -0.3 is 9.64 Å². The number of esters is 1. The van der Waals surface area contributed by atoms with Gasteiger partial charge in [0.25, 0.3) is 0 Å². The Kier molecular flexibility index (Phi) is 3.62. The van der Waals surface area contributed by atoms with Crippen molar-refractivity contribution in [2.75, 3.05) is 19.7 Å². The Morgan fingerprint density at radius 3 is 3.07 bits per heavy atom. The van der Waals surface area contributed by atoms with E-state index in [1.807, 2.05) is 6.92 Å². The van der Waals surface area contributed by atoms with Gasteiger partial charge in [-0.05, 0) is 51.6 Å².